The van der Waals surface area contributed by atoms with Crippen LogP contribution in [-0.2, 0) is 19.6 Å². The summed E-state index contributed by atoms with van der Waals surface area (Å²) in [5, 5.41) is 1.03. The Morgan fingerprint density at radius 2 is 1.74 bits per heavy atom. The van der Waals surface area contributed by atoms with Crippen LogP contribution in [0.25, 0.3) is 22.6 Å². The zero-order chi connectivity index (χ0) is 19.6. The van der Waals surface area contributed by atoms with Gasteiger partial charge in [-0.2, -0.15) is 0 Å². The molecule has 0 aliphatic rings. The summed E-state index contributed by atoms with van der Waals surface area (Å²) < 4.78 is 4.77. The smallest absolute Gasteiger partial charge is 0.317 e. The van der Waals surface area contributed by atoms with E-state index >= 15 is 0 Å². The van der Waals surface area contributed by atoms with Gasteiger partial charge in [0, 0.05) is 36.7 Å². The van der Waals surface area contributed by atoms with Gasteiger partial charge >= 0.3 is 5.69 Å². The van der Waals surface area contributed by atoms with E-state index in [-0.39, 0.29) is 11.2 Å². The number of halogens is 2. The van der Waals surface area contributed by atoms with Crippen molar-refractivity contribution in [1.82, 2.24) is 23.7 Å². The van der Waals surface area contributed by atoms with Gasteiger partial charge in [0.15, 0.2) is 11.2 Å². The maximum absolute atomic E-state index is 13.1. The third kappa shape index (κ3) is 3.60. The molecule has 9 heteroatoms. The van der Waals surface area contributed by atoms with E-state index in [2.05, 4.69) is 25.9 Å². The van der Waals surface area contributed by atoms with Crippen molar-refractivity contribution in [1.29, 1.82) is 0 Å². The van der Waals surface area contributed by atoms with E-state index in [0.717, 1.165) is 12.0 Å². The molecule has 7 nitrogen and oxygen atoms in total. The maximum atomic E-state index is 13.1. The average molecular weight is 455 g/mol. The lowest BCUT2D eigenvalue weighted by Crippen LogP contribution is -2.40. The van der Waals surface area contributed by atoms with E-state index in [1.165, 1.54) is 4.57 Å². The molecule has 0 aliphatic heterocycles. The van der Waals surface area contributed by atoms with Gasteiger partial charge in [0.1, 0.15) is 11.0 Å². The topological polar surface area (TPSA) is 74.7 Å². The van der Waals surface area contributed by atoms with Gasteiger partial charge in [-0.25, -0.2) is 14.8 Å². The monoisotopic (exact) mass is 453 g/mol. The van der Waals surface area contributed by atoms with Gasteiger partial charge in [0.05, 0.1) is 0 Å². The fraction of sp³-hybridized carbons (Fsp3) is 0.444. The lowest BCUT2D eigenvalue weighted by atomic mass is 10.2. The SMILES string of the molecule is CCCn1c(=O)c2c(nc(-c3ccc(Cl)nc3)n2CCBr)n(CCC)c1=O. The van der Waals surface area contributed by atoms with Gasteiger partial charge in [-0.05, 0) is 25.0 Å². The molecule has 0 saturated heterocycles. The second-order valence-corrected chi connectivity index (χ2v) is 7.39. The van der Waals surface area contributed by atoms with Crippen molar-refractivity contribution in [3.05, 3.63) is 44.3 Å². The number of hydrogen-bond donors (Lipinski definition) is 0. The summed E-state index contributed by atoms with van der Waals surface area (Å²) in [5.41, 5.74) is 1.01. The van der Waals surface area contributed by atoms with Gasteiger partial charge in [0.2, 0.25) is 0 Å². The van der Waals surface area contributed by atoms with E-state index in [1.807, 2.05) is 24.5 Å². The van der Waals surface area contributed by atoms with Gasteiger partial charge in [0.25, 0.3) is 5.56 Å². The molecule has 0 radical (unpaired) electrons. The highest BCUT2D eigenvalue weighted by Crippen LogP contribution is 2.23. The Kier molecular flexibility index (Phi) is 6.16. The highest BCUT2D eigenvalue weighted by molar-refractivity contribution is 9.09. The van der Waals surface area contributed by atoms with Crippen LogP contribution in [0.2, 0.25) is 5.15 Å². The van der Waals surface area contributed by atoms with Crippen LogP contribution >= 0.6 is 27.5 Å². The standard InChI is InChI=1S/C18H21BrClN5O2/c1-3-8-24-16-14(17(26)25(9-4-2)18(24)27)23(10-7-19)15(22-16)12-5-6-13(20)21-11-12/h5-6,11H,3-4,7-10H2,1-2H3. The predicted molar refractivity (Wildman–Crippen MR) is 111 cm³/mol. The Labute approximate surface area is 169 Å². The lowest BCUT2D eigenvalue weighted by Gasteiger charge is -2.11. The number of pyridine rings is 1. The molecule has 0 bridgehead atoms. The lowest BCUT2D eigenvalue weighted by molar-refractivity contribution is 0.554. The molecule has 0 aromatic carbocycles. The first-order valence-electron chi connectivity index (χ1n) is 8.95. The van der Waals surface area contributed by atoms with Gasteiger partial charge in [-0.1, -0.05) is 41.4 Å². The Bertz CT molecular complexity index is 1070. The number of aromatic nitrogens is 5. The minimum absolute atomic E-state index is 0.300. The van der Waals surface area contributed by atoms with Gasteiger partial charge in [-0.15, -0.1) is 0 Å². The number of rotatable bonds is 7. The number of alkyl halides is 1. The van der Waals surface area contributed by atoms with Crippen LogP contribution in [0.1, 0.15) is 26.7 Å². The maximum Gasteiger partial charge on any atom is 0.332 e. The number of imidazole rings is 1. The molecular formula is C18H21BrClN5O2. The molecule has 3 aromatic heterocycles. The van der Waals surface area contributed by atoms with Crippen LogP contribution in [0, 0.1) is 0 Å². The summed E-state index contributed by atoms with van der Waals surface area (Å²) in [5.74, 6) is 0.601. The first kappa shape index (κ1) is 19.8. The first-order chi connectivity index (χ1) is 13.0. The highest BCUT2D eigenvalue weighted by atomic mass is 79.9. The van der Waals surface area contributed by atoms with Crippen molar-refractivity contribution in [3.8, 4) is 11.4 Å². The number of aryl methyl sites for hydroxylation is 2. The van der Waals surface area contributed by atoms with Gasteiger partial charge < -0.3 is 4.57 Å². The van der Waals surface area contributed by atoms with Crippen LogP contribution in [0.5, 0.6) is 0 Å². The highest BCUT2D eigenvalue weighted by Gasteiger charge is 2.21. The Balaban J connectivity index is 2.42. The molecule has 0 N–H and O–H groups in total. The van der Waals surface area contributed by atoms with Crippen LogP contribution in [-0.4, -0.2) is 29.0 Å². The molecule has 0 aliphatic carbocycles. The van der Waals surface area contributed by atoms with Crippen molar-refractivity contribution in [3.63, 3.8) is 0 Å². The largest absolute Gasteiger partial charge is 0.332 e. The van der Waals surface area contributed by atoms with E-state index in [0.29, 0.717) is 53.5 Å². The summed E-state index contributed by atoms with van der Waals surface area (Å²) in [7, 11) is 0. The zero-order valence-corrected chi connectivity index (χ0v) is 17.6. The molecule has 144 valence electrons. The minimum Gasteiger partial charge on any atom is -0.317 e. The second kappa shape index (κ2) is 8.39. The molecule has 0 spiro atoms. The zero-order valence-electron chi connectivity index (χ0n) is 15.3. The Hall–Kier alpha value is -1.93. The fourth-order valence-corrected chi connectivity index (χ4v) is 3.63. The average Bonchev–Trinajstić information content (AvgIpc) is 3.02. The van der Waals surface area contributed by atoms with Gasteiger partial charge in [-0.3, -0.25) is 13.9 Å². The molecule has 0 amide bonds. The quantitative estimate of drug-likeness (QED) is 0.405. The van der Waals surface area contributed by atoms with E-state index in [4.69, 9.17) is 11.6 Å². The molecule has 0 fully saturated rings. The Morgan fingerprint density at radius 3 is 2.33 bits per heavy atom. The van der Waals surface area contributed by atoms with E-state index in [1.54, 1.807) is 16.8 Å². The summed E-state index contributed by atoms with van der Waals surface area (Å²) in [6.45, 7) is 5.37. The molecular weight excluding hydrogens is 434 g/mol. The molecule has 3 aromatic rings. The fourth-order valence-electron chi connectivity index (χ4n) is 3.17. The number of hydrogen-bond acceptors (Lipinski definition) is 4. The molecule has 27 heavy (non-hydrogen) atoms. The predicted octanol–water partition coefficient (Wildman–Crippen LogP) is 3.29. The van der Waals surface area contributed by atoms with Crippen molar-refractivity contribution in [2.75, 3.05) is 5.33 Å². The van der Waals surface area contributed by atoms with Crippen LogP contribution in [0.4, 0.5) is 0 Å². The van der Waals surface area contributed by atoms with Crippen molar-refractivity contribution in [2.24, 2.45) is 0 Å². The van der Waals surface area contributed by atoms with Crippen LogP contribution in [0.3, 0.4) is 0 Å². The minimum atomic E-state index is -0.305. The number of fused-ring (bicyclic) bond motifs is 1. The second-order valence-electron chi connectivity index (χ2n) is 6.21. The number of nitrogens with zero attached hydrogens (tertiary/aromatic N) is 5. The van der Waals surface area contributed by atoms with E-state index < -0.39 is 0 Å². The molecule has 0 unspecified atom stereocenters. The third-order valence-electron chi connectivity index (χ3n) is 4.30. The normalized spacial score (nSPS) is 11.4. The van der Waals surface area contributed by atoms with Crippen molar-refractivity contribution >= 4 is 38.7 Å². The summed E-state index contributed by atoms with van der Waals surface area (Å²) in [6.07, 6.45) is 3.09. The summed E-state index contributed by atoms with van der Waals surface area (Å²) >= 11 is 9.35. The molecule has 0 saturated carbocycles. The summed E-state index contributed by atoms with van der Waals surface area (Å²) in [4.78, 5) is 34.8. The van der Waals surface area contributed by atoms with Crippen LogP contribution < -0.4 is 11.2 Å². The molecule has 3 rings (SSSR count). The van der Waals surface area contributed by atoms with E-state index in [9.17, 15) is 9.59 Å². The third-order valence-corrected chi connectivity index (χ3v) is 4.88. The van der Waals surface area contributed by atoms with Crippen molar-refractivity contribution in [2.45, 2.75) is 46.3 Å². The summed E-state index contributed by atoms with van der Waals surface area (Å²) in [6, 6.07) is 3.50. The van der Waals surface area contributed by atoms with Crippen molar-refractivity contribution < 1.29 is 0 Å². The molecule has 3 heterocycles. The first-order valence-corrected chi connectivity index (χ1v) is 10.4. The molecule has 0 atom stereocenters. The van der Waals surface area contributed by atoms with Crippen LogP contribution in [0.15, 0.2) is 27.9 Å². The Morgan fingerprint density at radius 1 is 1.04 bits per heavy atom.